The van der Waals surface area contributed by atoms with E-state index in [1.807, 2.05) is 13.8 Å². The van der Waals surface area contributed by atoms with E-state index in [2.05, 4.69) is 32.9 Å². The van der Waals surface area contributed by atoms with Gasteiger partial charge >= 0.3 is 0 Å². The number of allylic oxidation sites excluding steroid dienone is 2. The molecule has 0 aliphatic rings. The van der Waals surface area contributed by atoms with Crippen LogP contribution in [0.2, 0.25) is 0 Å². The molecule has 0 nitrogen and oxygen atoms in total. The summed E-state index contributed by atoms with van der Waals surface area (Å²) in [7, 11) is 0. The van der Waals surface area contributed by atoms with Crippen LogP contribution >= 0.6 is 0 Å². The third kappa shape index (κ3) is 10.7. The molecule has 0 saturated carbocycles. The van der Waals surface area contributed by atoms with E-state index in [1.54, 1.807) is 0 Å². The van der Waals surface area contributed by atoms with Gasteiger partial charge in [-0.05, 0) is 19.3 Å². The van der Waals surface area contributed by atoms with Gasteiger partial charge in [0, 0.05) is 0 Å². The summed E-state index contributed by atoms with van der Waals surface area (Å²) in [6.07, 6.45) is 7.00. The summed E-state index contributed by atoms with van der Waals surface area (Å²) in [4.78, 5) is 0. The van der Waals surface area contributed by atoms with Crippen molar-refractivity contribution in [1.82, 2.24) is 0 Å². The predicted molar refractivity (Wildman–Crippen MR) is 50.2 cm³/mol. The summed E-state index contributed by atoms with van der Waals surface area (Å²) >= 11 is 0. The SMILES string of the molecule is C/C=C\[C@H](C)CCC.CC. The Kier molecular flexibility index (Phi) is 14.3. The lowest BCUT2D eigenvalue weighted by molar-refractivity contribution is 0.633. The lowest BCUT2D eigenvalue weighted by Crippen LogP contribution is -1.85. The van der Waals surface area contributed by atoms with Crippen molar-refractivity contribution < 1.29 is 0 Å². The Morgan fingerprint density at radius 3 is 2.10 bits per heavy atom. The summed E-state index contributed by atoms with van der Waals surface area (Å²) in [5, 5.41) is 0. The van der Waals surface area contributed by atoms with Crippen LogP contribution < -0.4 is 0 Å². The van der Waals surface area contributed by atoms with Gasteiger partial charge in [-0.25, -0.2) is 0 Å². The van der Waals surface area contributed by atoms with Gasteiger partial charge < -0.3 is 0 Å². The minimum atomic E-state index is 0.782. The first-order valence-electron chi connectivity index (χ1n) is 4.44. The van der Waals surface area contributed by atoms with Crippen LogP contribution in [0.1, 0.15) is 47.5 Å². The Labute approximate surface area is 66.3 Å². The van der Waals surface area contributed by atoms with Gasteiger partial charge in [-0.2, -0.15) is 0 Å². The normalized spacial score (nSPS) is 12.5. The Hall–Kier alpha value is -0.260. The Morgan fingerprint density at radius 2 is 1.80 bits per heavy atom. The van der Waals surface area contributed by atoms with Gasteiger partial charge in [0.05, 0.1) is 0 Å². The van der Waals surface area contributed by atoms with E-state index >= 15 is 0 Å². The molecule has 0 aliphatic carbocycles. The van der Waals surface area contributed by atoms with Crippen molar-refractivity contribution in [1.29, 1.82) is 0 Å². The molecule has 0 rings (SSSR count). The largest absolute Gasteiger partial charge is 0.0914 e. The van der Waals surface area contributed by atoms with Crippen molar-refractivity contribution in [2.75, 3.05) is 0 Å². The second-order valence-corrected chi connectivity index (χ2v) is 2.29. The fourth-order valence-corrected chi connectivity index (χ4v) is 0.880. The molecular formula is C10H22. The first kappa shape index (κ1) is 12.4. The van der Waals surface area contributed by atoms with Crippen molar-refractivity contribution in [2.45, 2.75) is 47.5 Å². The average molecular weight is 142 g/mol. The molecule has 0 amide bonds. The second-order valence-electron chi connectivity index (χ2n) is 2.29. The molecular weight excluding hydrogens is 120 g/mol. The summed E-state index contributed by atoms with van der Waals surface area (Å²) in [6, 6.07) is 0. The van der Waals surface area contributed by atoms with Crippen LogP contribution in [0.25, 0.3) is 0 Å². The second kappa shape index (κ2) is 11.5. The van der Waals surface area contributed by atoms with Gasteiger partial charge in [0.2, 0.25) is 0 Å². The van der Waals surface area contributed by atoms with E-state index in [0.29, 0.717) is 0 Å². The van der Waals surface area contributed by atoms with E-state index < -0.39 is 0 Å². The molecule has 0 aromatic carbocycles. The van der Waals surface area contributed by atoms with Crippen LogP contribution in [0, 0.1) is 5.92 Å². The summed E-state index contributed by atoms with van der Waals surface area (Å²) in [5.74, 6) is 0.782. The average Bonchev–Trinajstić information content (AvgIpc) is 1.93. The van der Waals surface area contributed by atoms with Crippen molar-refractivity contribution in [3.8, 4) is 0 Å². The van der Waals surface area contributed by atoms with Crippen LogP contribution in [0.5, 0.6) is 0 Å². The van der Waals surface area contributed by atoms with Gasteiger partial charge in [0.1, 0.15) is 0 Å². The molecule has 0 N–H and O–H groups in total. The van der Waals surface area contributed by atoms with Gasteiger partial charge in [0.25, 0.3) is 0 Å². The minimum Gasteiger partial charge on any atom is -0.0914 e. The molecule has 0 saturated heterocycles. The lowest BCUT2D eigenvalue weighted by atomic mass is 10.1. The molecule has 0 bridgehead atoms. The van der Waals surface area contributed by atoms with Crippen LogP contribution in [0.4, 0.5) is 0 Å². The highest BCUT2D eigenvalue weighted by molar-refractivity contribution is 4.82. The lowest BCUT2D eigenvalue weighted by Gasteiger charge is -1.99. The van der Waals surface area contributed by atoms with E-state index in [9.17, 15) is 0 Å². The van der Waals surface area contributed by atoms with Gasteiger partial charge in [-0.3, -0.25) is 0 Å². The number of hydrogen-bond acceptors (Lipinski definition) is 0. The fourth-order valence-electron chi connectivity index (χ4n) is 0.880. The van der Waals surface area contributed by atoms with Crippen LogP contribution in [-0.2, 0) is 0 Å². The molecule has 0 aromatic rings. The maximum atomic E-state index is 2.25. The Morgan fingerprint density at radius 1 is 1.30 bits per heavy atom. The fraction of sp³-hybridized carbons (Fsp3) is 0.800. The third-order valence-electron chi connectivity index (χ3n) is 1.26. The molecule has 0 spiro atoms. The molecule has 0 heterocycles. The molecule has 62 valence electrons. The molecule has 10 heavy (non-hydrogen) atoms. The zero-order valence-electron chi connectivity index (χ0n) is 8.15. The van der Waals surface area contributed by atoms with Crippen molar-refractivity contribution >= 4 is 0 Å². The molecule has 1 atom stereocenters. The maximum Gasteiger partial charge on any atom is -0.0262 e. The third-order valence-corrected chi connectivity index (χ3v) is 1.26. The monoisotopic (exact) mass is 142 g/mol. The van der Waals surface area contributed by atoms with E-state index in [1.165, 1.54) is 12.8 Å². The molecule has 0 aromatic heterocycles. The smallest absolute Gasteiger partial charge is 0.0262 e. The predicted octanol–water partition coefficient (Wildman–Crippen LogP) is 4.02. The highest BCUT2D eigenvalue weighted by atomic mass is 14.0. The highest BCUT2D eigenvalue weighted by Crippen LogP contribution is 2.05. The Bertz CT molecular complexity index is 62.4. The first-order chi connectivity index (χ1) is 4.81. The molecule has 0 heteroatoms. The van der Waals surface area contributed by atoms with Crippen LogP contribution in [0.3, 0.4) is 0 Å². The number of hydrogen-bond donors (Lipinski definition) is 0. The highest BCUT2D eigenvalue weighted by Gasteiger charge is 1.90. The summed E-state index contributed by atoms with van der Waals surface area (Å²) in [5.41, 5.74) is 0. The zero-order valence-corrected chi connectivity index (χ0v) is 8.15. The molecule has 0 fully saturated rings. The first-order valence-corrected chi connectivity index (χ1v) is 4.44. The number of rotatable bonds is 3. The maximum absolute atomic E-state index is 2.25. The topological polar surface area (TPSA) is 0 Å². The van der Waals surface area contributed by atoms with Crippen molar-refractivity contribution in [3.63, 3.8) is 0 Å². The van der Waals surface area contributed by atoms with Crippen molar-refractivity contribution in [3.05, 3.63) is 12.2 Å². The van der Waals surface area contributed by atoms with Crippen molar-refractivity contribution in [2.24, 2.45) is 5.92 Å². The quantitative estimate of drug-likeness (QED) is 0.522. The van der Waals surface area contributed by atoms with E-state index in [0.717, 1.165) is 5.92 Å². The molecule has 0 unspecified atom stereocenters. The standard InChI is InChI=1S/C8H16.C2H6/c1-4-6-8(3)7-5-2;1-2/h4,6,8H,5,7H2,1-3H3;1-2H3/b6-4-;/t8-;/m0./s1. The van der Waals surface area contributed by atoms with Gasteiger partial charge in [0.15, 0.2) is 0 Å². The molecule has 0 aliphatic heterocycles. The summed E-state index contributed by atoms with van der Waals surface area (Å²) in [6.45, 7) is 10.6. The summed E-state index contributed by atoms with van der Waals surface area (Å²) < 4.78 is 0. The van der Waals surface area contributed by atoms with Gasteiger partial charge in [-0.15, -0.1) is 0 Å². The van der Waals surface area contributed by atoms with Gasteiger partial charge in [-0.1, -0.05) is 46.3 Å². The zero-order chi connectivity index (χ0) is 8.41. The van der Waals surface area contributed by atoms with E-state index in [4.69, 9.17) is 0 Å². The Balaban J connectivity index is 0. The minimum absolute atomic E-state index is 0.782. The molecule has 0 radical (unpaired) electrons. The van der Waals surface area contributed by atoms with E-state index in [-0.39, 0.29) is 0 Å². The van der Waals surface area contributed by atoms with Crippen LogP contribution in [-0.4, -0.2) is 0 Å². The van der Waals surface area contributed by atoms with Crippen LogP contribution in [0.15, 0.2) is 12.2 Å².